The molecule has 0 radical (unpaired) electrons. The predicted molar refractivity (Wildman–Crippen MR) is 125 cm³/mol. The minimum atomic E-state index is -3.86. The van der Waals surface area contributed by atoms with Crippen LogP contribution in [0.5, 0.6) is 0 Å². The first-order valence-corrected chi connectivity index (χ1v) is 12.9. The highest BCUT2D eigenvalue weighted by molar-refractivity contribution is 14.1. The first kappa shape index (κ1) is 22.7. The van der Waals surface area contributed by atoms with Crippen LogP contribution in [0.4, 0.5) is 0 Å². The number of piperidine rings is 1. The predicted octanol–water partition coefficient (Wildman–Crippen LogP) is 3.81. The van der Waals surface area contributed by atoms with Crippen LogP contribution in [-0.2, 0) is 23.8 Å². The van der Waals surface area contributed by atoms with Gasteiger partial charge < -0.3 is 4.74 Å². The molecular weight excluding hydrogens is 529 g/mol. The Morgan fingerprint density at radius 2 is 1.77 bits per heavy atom. The van der Waals surface area contributed by atoms with Gasteiger partial charge in [0.15, 0.2) is 0 Å². The number of ether oxygens (including phenoxy) is 1. The molecule has 2 saturated heterocycles. The largest absolute Gasteiger partial charge is 0.463 e. The Morgan fingerprint density at radius 1 is 1.06 bits per heavy atom. The van der Waals surface area contributed by atoms with Crippen molar-refractivity contribution in [3.8, 4) is 0 Å². The van der Waals surface area contributed by atoms with Crippen molar-refractivity contribution in [1.29, 1.82) is 0 Å². The zero-order chi connectivity index (χ0) is 22.0. The SMILES string of the molecule is CN1C2CCC1C(C(=O)OCCOS(=O)(=O)c1ccccc1)C(c1ccc(I)cc1)C2. The van der Waals surface area contributed by atoms with E-state index >= 15 is 0 Å². The number of hydrogen-bond donors (Lipinski definition) is 0. The van der Waals surface area contributed by atoms with Crippen LogP contribution in [0, 0.1) is 9.49 Å². The summed E-state index contributed by atoms with van der Waals surface area (Å²) < 4.78 is 36.2. The fraction of sp³-hybridized carbons (Fsp3) is 0.435. The number of esters is 1. The van der Waals surface area contributed by atoms with Crippen LogP contribution in [-0.4, -0.2) is 51.6 Å². The van der Waals surface area contributed by atoms with Crippen molar-refractivity contribution in [3.05, 3.63) is 63.7 Å². The Balaban J connectivity index is 1.41. The molecule has 0 amide bonds. The maximum atomic E-state index is 13.1. The minimum Gasteiger partial charge on any atom is -0.463 e. The van der Waals surface area contributed by atoms with Crippen LogP contribution in [0.15, 0.2) is 59.5 Å². The van der Waals surface area contributed by atoms with E-state index in [9.17, 15) is 13.2 Å². The second-order valence-corrected chi connectivity index (χ2v) is 11.0. The van der Waals surface area contributed by atoms with Gasteiger partial charge in [-0.3, -0.25) is 13.9 Å². The second kappa shape index (κ2) is 9.56. The topological polar surface area (TPSA) is 72.9 Å². The van der Waals surface area contributed by atoms with Crippen molar-refractivity contribution in [2.75, 3.05) is 20.3 Å². The van der Waals surface area contributed by atoms with Gasteiger partial charge in [0.25, 0.3) is 10.1 Å². The molecule has 2 bridgehead atoms. The second-order valence-electron chi connectivity index (χ2n) is 8.14. The van der Waals surface area contributed by atoms with Gasteiger partial charge in [-0.05, 0) is 78.7 Å². The van der Waals surface area contributed by atoms with Crippen molar-refractivity contribution in [2.24, 2.45) is 5.92 Å². The fourth-order valence-corrected chi connectivity index (χ4v) is 6.15. The average Bonchev–Trinajstić information content (AvgIpc) is 3.00. The van der Waals surface area contributed by atoms with Crippen LogP contribution in [0.25, 0.3) is 0 Å². The molecule has 4 atom stereocenters. The highest BCUT2D eigenvalue weighted by atomic mass is 127. The number of hydrogen-bond acceptors (Lipinski definition) is 6. The molecule has 0 aliphatic carbocycles. The third-order valence-electron chi connectivity index (χ3n) is 6.44. The number of nitrogens with zero attached hydrogens (tertiary/aromatic N) is 1. The molecule has 0 spiro atoms. The van der Waals surface area contributed by atoms with E-state index in [1.165, 1.54) is 12.1 Å². The monoisotopic (exact) mass is 555 g/mol. The van der Waals surface area contributed by atoms with Crippen LogP contribution in [0.3, 0.4) is 0 Å². The van der Waals surface area contributed by atoms with Crippen molar-refractivity contribution in [1.82, 2.24) is 4.90 Å². The molecule has 0 saturated carbocycles. The van der Waals surface area contributed by atoms with E-state index in [1.54, 1.807) is 18.2 Å². The number of carbonyl (C=O) groups excluding carboxylic acids is 1. The van der Waals surface area contributed by atoms with Crippen molar-refractivity contribution in [3.63, 3.8) is 0 Å². The number of carbonyl (C=O) groups is 1. The molecule has 0 aromatic heterocycles. The Hall–Kier alpha value is -1.49. The summed E-state index contributed by atoms with van der Waals surface area (Å²) in [6, 6.07) is 16.9. The first-order chi connectivity index (χ1) is 14.9. The summed E-state index contributed by atoms with van der Waals surface area (Å²) in [6.45, 7) is -0.298. The maximum absolute atomic E-state index is 13.1. The van der Waals surface area contributed by atoms with E-state index in [1.807, 2.05) is 0 Å². The molecular formula is C23H26INO5S. The molecule has 2 aliphatic rings. The Morgan fingerprint density at radius 3 is 2.48 bits per heavy atom. The molecule has 2 aromatic carbocycles. The Kier molecular flexibility index (Phi) is 7.00. The molecule has 2 aliphatic heterocycles. The number of halogens is 1. The number of rotatable bonds is 7. The molecule has 6 nitrogen and oxygen atoms in total. The molecule has 2 fully saturated rings. The average molecular weight is 555 g/mol. The van der Waals surface area contributed by atoms with Gasteiger partial charge in [0.05, 0.1) is 10.8 Å². The Bertz CT molecular complexity index is 1010. The molecule has 31 heavy (non-hydrogen) atoms. The molecule has 0 N–H and O–H groups in total. The van der Waals surface area contributed by atoms with Crippen molar-refractivity contribution in [2.45, 2.75) is 42.2 Å². The highest BCUT2D eigenvalue weighted by Gasteiger charge is 2.49. The van der Waals surface area contributed by atoms with Gasteiger partial charge in [-0.25, -0.2) is 0 Å². The smallest absolute Gasteiger partial charge is 0.311 e. The van der Waals surface area contributed by atoms with Gasteiger partial charge in [0.1, 0.15) is 13.2 Å². The highest BCUT2D eigenvalue weighted by Crippen LogP contribution is 2.46. The fourth-order valence-electron chi connectivity index (χ4n) is 4.88. The van der Waals surface area contributed by atoms with Gasteiger partial charge >= 0.3 is 5.97 Å². The minimum absolute atomic E-state index is 0.0889. The summed E-state index contributed by atoms with van der Waals surface area (Å²) >= 11 is 2.28. The molecule has 2 heterocycles. The van der Waals surface area contributed by atoms with E-state index in [0.717, 1.165) is 28.4 Å². The zero-order valence-electron chi connectivity index (χ0n) is 17.3. The van der Waals surface area contributed by atoms with Crippen LogP contribution < -0.4 is 0 Å². The third kappa shape index (κ3) is 4.97. The van der Waals surface area contributed by atoms with Gasteiger partial charge in [0.2, 0.25) is 0 Å². The molecule has 8 heteroatoms. The van der Waals surface area contributed by atoms with Gasteiger partial charge in [-0.1, -0.05) is 30.3 Å². The summed E-state index contributed by atoms with van der Waals surface area (Å²) in [5, 5.41) is 0. The van der Waals surface area contributed by atoms with Crippen LogP contribution >= 0.6 is 22.6 Å². The summed E-state index contributed by atoms with van der Waals surface area (Å²) in [5.74, 6) is -0.442. The zero-order valence-corrected chi connectivity index (χ0v) is 20.3. The quantitative estimate of drug-likeness (QED) is 0.224. The lowest BCUT2D eigenvalue weighted by atomic mass is 9.76. The standard InChI is InChI=1S/C23H26INO5S/c1-25-18-11-12-21(25)22(20(15-18)16-7-9-17(24)10-8-16)23(26)29-13-14-30-31(27,28)19-5-3-2-4-6-19/h2-10,18,20-22H,11-15H2,1H3. The van der Waals surface area contributed by atoms with Gasteiger partial charge in [-0.2, -0.15) is 8.42 Å². The molecule has 4 unspecified atom stereocenters. The number of benzene rings is 2. The van der Waals surface area contributed by atoms with E-state index in [2.05, 4.69) is 58.8 Å². The van der Waals surface area contributed by atoms with Crippen LogP contribution in [0.2, 0.25) is 0 Å². The summed E-state index contributed by atoms with van der Waals surface area (Å²) in [6.07, 6.45) is 2.98. The number of fused-ring (bicyclic) bond motifs is 2. The maximum Gasteiger partial charge on any atom is 0.311 e. The van der Waals surface area contributed by atoms with Gasteiger partial charge in [0, 0.05) is 21.6 Å². The van der Waals surface area contributed by atoms with E-state index in [-0.39, 0.29) is 42.0 Å². The van der Waals surface area contributed by atoms with Gasteiger partial charge in [-0.15, -0.1) is 0 Å². The molecule has 166 valence electrons. The lowest BCUT2D eigenvalue weighted by Gasteiger charge is -2.42. The summed E-state index contributed by atoms with van der Waals surface area (Å²) in [5.41, 5.74) is 1.16. The van der Waals surface area contributed by atoms with E-state index in [0.29, 0.717) is 6.04 Å². The van der Waals surface area contributed by atoms with E-state index in [4.69, 9.17) is 8.92 Å². The van der Waals surface area contributed by atoms with E-state index < -0.39 is 10.1 Å². The molecule has 4 rings (SSSR count). The lowest BCUT2D eigenvalue weighted by Crippen LogP contribution is -2.49. The van der Waals surface area contributed by atoms with Crippen molar-refractivity contribution < 1.29 is 22.1 Å². The third-order valence-corrected chi connectivity index (χ3v) is 8.48. The first-order valence-electron chi connectivity index (χ1n) is 10.5. The normalized spacial score (nSPS) is 26.0. The summed E-state index contributed by atoms with van der Waals surface area (Å²) in [7, 11) is -1.77. The lowest BCUT2D eigenvalue weighted by molar-refractivity contribution is -0.154. The van der Waals surface area contributed by atoms with Crippen molar-refractivity contribution >= 4 is 38.7 Å². The Labute approximate surface area is 197 Å². The summed E-state index contributed by atoms with van der Waals surface area (Å²) in [4.78, 5) is 15.5. The molecule has 2 aromatic rings. The van der Waals surface area contributed by atoms with Crippen LogP contribution in [0.1, 0.15) is 30.7 Å².